The van der Waals surface area contributed by atoms with Gasteiger partial charge in [-0.3, -0.25) is 4.79 Å². The SMILES string of the molecule is Cl.O=C(NCC1(c2cccc(C(F)(F)F)c2)CCCC1)C1CNCCO1. The van der Waals surface area contributed by atoms with Gasteiger partial charge in [-0.25, -0.2) is 0 Å². The monoisotopic (exact) mass is 392 g/mol. The second kappa shape index (κ2) is 8.59. The number of rotatable bonds is 4. The van der Waals surface area contributed by atoms with Gasteiger partial charge in [0.1, 0.15) is 6.10 Å². The number of ether oxygens (including phenoxy) is 1. The molecule has 1 heterocycles. The summed E-state index contributed by atoms with van der Waals surface area (Å²) in [4.78, 5) is 12.3. The Bertz CT molecular complexity index is 613. The summed E-state index contributed by atoms with van der Waals surface area (Å²) in [5.41, 5.74) is -0.413. The minimum atomic E-state index is -4.36. The summed E-state index contributed by atoms with van der Waals surface area (Å²) in [6, 6.07) is 5.52. The van der Waals surface area contributed by atoms with E-state index in [0.29, 0.717) is 25.3 Å². The molecule has 1 aromatic carbocycles. The van der Waals surface area contributed by atoms with Crippen LogP contribution in [0.4, 0.5) is 13.2 Å². The number of benzene rings is 1. The molecule has 4 nitrogen and oxygen atoms in total. The summed E-state index contributed by atoms with van der Waals surface area (Å²) in [7, 11) is 0. The molecule has 0 aromatic heterocycles. The summed E-state index contributed by atoms with van der Waals surface area (Å²) in [6.07, 6.45) is -1.44. The molecule has 8 heteroatoms. The molecule has 1 aliphatic heterocycles. The average molecular weight is 393 g/mol. The molecular formula is C18H24ClF3N2O2. The van der Waals surface area contributed by atoms with E-state index in [4.69, 9.17) is 4.74 Å². The van der Waals surface area contributed by atoms with Crippen LogP contribution >= 0.6 is 12.4 Å². The average Bonchev–Trinajstić information content (AvgIpc) is 3.10. The van der Waals surface area contributed by atoms with Crippen LogP contribution in [0.15, 0.2) is 24.3 Å². The number of carbonyl (C=O) groups is 1. The number of hydrogen-bond donors (Lipinski definition) is 2. The molecule has 0 bridgehead atoms. The Morgan fingerprint density at radius 1 is 1.31 bits per heavy atom. The van der Waals surface area contributed by atoms with Gasteiger partial charge < -0.3 is 15.4 Å². The number of nitrogens with one attached hydrogen (secondary N) is 2. The number of morpholine rings is 1. The lowest BCUT2D eigenvalue weighted by Crippen LogP contribution is -2.50. The predicted octanol–water partition coefficient (Wildman–Crippen LogP) is 3.04. The van der Waals surface area contributed by atoms with Crippen molar-refractivity contribution in [3.63, 3.8) is 0 Å². The highest BCUT2D eigenvalue weighted by atomic mass is 35.5. The van der Waals surface area contributed by atoms with E-state index in [1.54, 1.807) is 6.07 Å². The van der Waals surface area contributed by atoms with Crippen LogP contribution in [-0.4, -0.2) is 38.3 Å². The third-order valence-corrected chi connectivity index (χ3v) is 5.18. The maximum atomic E-state index is 13.0. The smallest absolute Gasteiger partial charge is 0.366 e. The van der Waals surface area contributed by atoms with Crippen molar-refractivity contribution in [2.45, 2.75) is 43.4 Å². The Balaban J connectivity index is 0.00000243. The molecule has 2 aliphatic rings. The van der Waals surface area contributed by atoms with Crippen molar-refractivity contribution in [1.29, 1.82) is 0 Å². The van der Waals surface area contributed by atoms with Crippen LogP contribution in [0.3, 0.4) is 0 Å². The Morgan fingerprint density at radius 2 is 2.04 bits per heavy atom. The first kappa shape index (κ1) is 21.0. The summed E-state index contributed by atoms with van der Waals surface area (Å²) < 4.78 is 44.6. The van der Waals surface area contributed by atoms with Gasteiger partial charge in [-0.2, -0.15) is 13.2 Å². The summed E-state index contributed by atoms with van der Waals surface area (Å²) >= 11 is 0. The zero-order valence-corrected chi connectivity index (χ0v) is 15.2. The van der Waals surface area contributed by atoms with Crippen molar-refractivity contribution in [2.75, 3.05) is 26.2 Å². The largest absolute Gasteiger partial charge is 0.416 e. The molecule has 0 radical (unpaired) electrons. The lowest BCUT2D eigenvalue weighted by atomic mass is 9.78. The van der Waals surface area contributed by atoms with Gasteiger partial charge in [-0.1, -0.05) is 31.0 Å². The van der Waals surface area contributed by atoms with Gasteiger partial charge in [0, 0.05) is 25.0 Å². The Kier molecular flexibility index (Phi) is 6.93. The number of hydrogen-bond acceptors (Lipinski definition) is 3. The summed E-state index contributed by atoms with van der Waals surface area (Å²) in [6.45, 7) is 2.00. The Labute approximate surface area is 157 Å². The normalized spacial score (nSPS) is 22.5. The molecule has 0 spiro atoms. The van der Waals surface area contributed by atoms with Crippen LogP contribution in [0, 0.1) is 0 Å². The number of halogens is 4. The molecule has 1 amide bonds. The molecule has 2 fully saturated rings. The van der Waals surface area contributed by atoms with Gasteiger partial charge in [-0.05, 0) is 24.5 Å². The zero-order chi connectivity index (χ0) is 17.9. The first-order valence-electron chi connectivity index (χ1n) is 8.69. The second-order valence-electron chi connectivity index (χ2n) is 6.85. The highest BCUT2D eigenvalue weighted by molar-refractivity contribution is 5.85. The van der Waals surface area contributed by atoms with Crippen molar-refractivity contribution >= 4 is 18.3 Å². The van der Waals surface area contributed by atoms with E-state index in [1.807, 2.05) is 0 Å². The third kappa shape index (κ3) is 4.69. The lowest BCUT2D eigenvalue weighted by molar-refractivity contribution is -0.138. The molecule has 1 aliphatic carbocycles. The van der Waals surface area contributed by atoms with E-state index in [9.17, 15) is 18.0 Å². The molecule has 2 N–H and O–H groups in total. The standard InChI is InChI=1S/C18H23F3N2O2.ClH/c19-18(20,21)14-5-3-4-13(10-14)17(6-1-2-7-17)12-23-16(24)15-11-22-8-9-25-15;/h3-5,10,15,22H,1-2,6-9,11-12H2,(H,23,24);1H. The fraction of sp³-hybridized carbons (Fsp3) is 0.611. The molecule has 146 valence electrons. The minimum Gasteiger partial charge on any atom is -0.366 e. The second-order valence-corrected chi connectivity index (χ2v) is 6.85. The van der Waals surface area contributed by atoms with Crippen LogP contribution in [0.25, 0.3) is 0 Å². The predicted molar refractivity (Wildman–Crippen MR) is 94.5 cm³/mol. The van der Waals surface area contributed by atoms with E-state index in [-0.39, 0.29) is 18.3 Å². The van der Waals surface area contributed by atoms with Crippen LogP contribution in [0.5, 0.6) is 0 Å². The van der Waals surface area contributed by atoms with E-state index in [1.165, 1.54) is 12.1 Å². The van der Waals surface area contributed by atoms with E-state index >= 15 is 0 Å². The highest BCUT2D eigenvalue weighted by Gasteiger charge is 2.39. The topological polar surface area (TPSA) is 50.4 Å². The fourth-order valence-corrected chi connectivity index (χ4v) is 3.75. The highest BCUT2D eigenvalue weighted by Crippen LogP contribution is 2.42. The van der Waals surface area contributed by atoms with Crippen LogP contribution in [0.1, 0.15) is 36.8 Å². The van der Waals surface area contributed by atoms with Gasteiger partial charge >= 0.3 is 6.18 Å². The molecule has 3 rings (SSSR count). The van der Waals surface area contributed by atoms with Crippen molar-refractivity contribution in [3.8, 4) is 0 Å². The first-order valence-corrected chi connectivity index (χ1v) is 8.69. The number of alkyl halides is 3. The zero-order valence-electron chi connectivity index (χ0n) is 14.4. The minimum absolute atomic E-state index is 0. The van der Waals surface area contributed by atoms with E-state index in [2.05, 4.69) is 10.6 Å². The van der Waals surface area contributed by atoms with Crippen LogP contribution in [0.2, 0.25) is 0 Å². The number of amides is 1. The fourth-order valence-electron chi connectivity index (χ4n) is 3.75. The summed E-state index contributed by atoms with van der Waals surface area (Å²) in [5.74, 6) is -0.203. The molecule has 1 aromatic rings. The maximum Gasteiger partial charge on any atom is 0.416 e. The summed E-state index contributed by atoms with van der Waals surface area (Å²) in [5, 5.41) is 6.00. The first-order chi connectivity index (χ1) is 11.9. The molecule has 1 saturated carbocycles. The molecular weight excluding hydrogens is 369 g/mol. The third-order valence-electron chi connectivity index (χ3n) is 5.18. The molecule has 1 unspecified atom stereocenters. The lowest BCUT2D eigenvalue weighted by Gasteiger charge is -2.32. The molecule has 26 heavy (non-hydrogen) atoms. The van der Waals surface area contributed by atoms with E-state index < -0.39 is 23.3 Å². The van der Waals surface area contributed by atoms with Gasteiger partial charge in [0.05, 0.1) is 12.2 Å². The van der Waals surface area contributed by atoms with Crippen molar-refractivity contribution in [2.24, 2.45) is 0 Å². The van der Waals surface area contributed by atoms with Gasteiger partial charge in [-0.15, -0.1) is 12.4 Å². The molecule has 1 saturated heterocycles. The van der Waals surface area contributed by atoms with Gasteiger partial charge in [0.15, 0.2) is 0 Å². The van der Waals surface area contributed by atoms with Crippen molar-refractivity contribution in [1.82, 2.24) is 10.6 Å². The molecule has 1 atom stereocenters. The quantitative estimate of drug-likeness (QED) is 0.828. The van der Waals surface area contributed by atoms with Crippen molar-refractivity contribution in [3.05, 3.63) is 35.4 Å². The van der Waals surface area contributed by atoms with Crippen LogP contribution < -0.4 is 10.6 Å². The van der Waals surface area contributed by atoms with Crippen LogP contribution in [-0.2, 0) is 21.1 Å². The van der Waals surface area contributed by atoms with Gasteiger partial charge in [0.2, 0.25) is 5.91 Å². The van der Waals surface area contributed by atoms with Gasteiger partial charge in [0.25, 0.3) is 0 Å². The van der Waals surface area contributed by atoms with Crippen molar-refractivity contribution < 1.29 is 22.7 Å². The number of carbonyl (C=O) groups excluding carboxylic acids is 1. The Morgan fingerprint density at radius 3 is 2.65 bits per heavy atom. The maximum absolute atomic E-state index is 13.0. The Hall–Kier alpha value is -1.31. The van der Waals surface area contributed by atoms with E-state index in [0.717, 1.165) is 38.3 Å².